The van der Waals surface area contributed by atoms with Crippen molar-refractivity contribution < 1.29 is 9.18 Å². The molecule has 0 unspecified atom stereocenters. The molecular formula is C12H18FN3O. The van der Waals surface area contributed by atoms with Gasteiger partial charge < -0.3 is 16.0 Å². The van der Waals surface area contributed by atoms with Gasteiger partial charge in [0.2, 0.25) is 5.91 Å². The maximum Gasteiger partial charge on any atom is 0.238 e. The highest BCUT2D eigenvalue weighted by Crippen LogP contribution is 2.23. The van der Waals surface area contributed by atoms with Crippen molar-refractivity contribution in [3.63, 3.8) is 0 Å². The van der Waals surface area contributed by atoms with Crippen LogP contribution in [0.4, 0.5) is 15.8 Å². The van der Waals surface area contributed by atoms with Crippen LogP contribution in [0.2, 0.25) is 0 Å². The number of hydrogen-bond acceptors (Lipinski definition) is 3. The van der Waals surface area contributed by atoms with Gasteiger partial charge in [-0.15, -0.1) is 0 Å². The molecule has 0 saturated carbocycles. The molecule has 0 aromatic heterocycles. The van der Waals surface area contributed by atoms with Crippen LogP contribution in [0.25, 0.3) is 0 Å². The first kappa shape index (κ1) is 13.4. The Morgan fingerprint density at radius 3 is 2.65 bits per heavy atom. The molecule has 0 radical (unpaired) electrons. The monoisotopic (exact) mass is 239 g/mol. The van der Waals surface area contributed by atoms with Gasteiger partial charge in [-0.1, -0.05) is 0 Å². The summed E-state index contributed by atoms with van der Waals surface area (Å²) < 4.78 is 13.1. The smallest absolute Gasteiger partial charge is 0.238 e. The van der Waals surface area contributed by atoms with Crippen LogP contribution >= 0.6 is 0 Å². The van der Waals surface area contributed by atoms with Crippen molar-refractivity contribution >= 4 is 17.3 Å². The summed E-state index contributed by atoms with van der Waals surface area (Å²) in [6.45, 7) is 4.14. The molecule has 17 heavy (non-hydrogen) atoms. The number of anilines is 2. The first-order chi connectivity index (χ1) is 8.02. The van der Waals surface area contributed by atoms with Gasteiger partial charge in [0.05, 0.1) is 17.9 Å². The summed E-state index contributed by atoms with van der Waals surface area (Å²) in [6.07, 6.45) is 0. The van der Waals surface area contributed by atoms with Gasteiger partial charge in [0, 0.05) is 6.04 Å². The molecule has 0 aliphatic rings. The lowest BCUT2D eigenvalue weighted by Gasteiger charge is -2.15. The Morgan fingerprint density at radius 2 is 2.06 bits per heavy atom. The third kappa shape index (κ3) is 4.40. The van der Waals surface area contributed by atoms with Crippen LogP contribution in [-0.2, 0) is 4.79 Å². The van der Waals surface area contributed by atoms with E-state index in [0.717, 1.165) is 0 Å². The second-order valence-corrected chi connectivity index (χ2v) is 4.07. The third-order valence-corrected chi connectivity index (χ3v) is 2.04. The Bertz CT molecular complexity index is 393. The number of carbonyl (C=O) groups excluding carboxylic acids is 1. The minimum Gasteiger partial charge on any atom is -0.381 e. The molecule has 3 N–H and O–H groups in total. The molecule has 0 heterocycles. The lowest BCUT2D eigenvalue weighted by Crippen LogP contribution is -2.25. The molecule has 1 aromatic carbocycles. The Balaban J connectivity index is 2.86. The fraction of sp³-hybridized carbons (Fsp3) is 0.417. The zero-order chi connectivity index (χ0) is 12.8. The van der Waals surface area contributed by atoms with E-state index in [1.165, 1.54) is 12.1 Å². The van der Waals surface area contributed by atoms with Crippen LogP contribution in [0.3, 0.4) is 0 Å². The summed E-state index contributed by atoms with van der Waals surface area (Å²) in [5.74, 6) is -0.580. The van der Waals surface area contributed by atoms with Gasteiger partial charge in [-0.3, -0.25) is 4.79 Å². The van der Waals surface area contributed by atoms with E-state index in [1.54, 1.807) is 13.1 Å². The number of nitrogens with one attached hydrogen (secondary N) is 3. The van der Waals surface area contributed by atoms with E-state index in [9.17, 15) is 9.18 Å². The van der Waals surface area contributed by atoms with Crippen molar-refractivity contribution in [3.05, 3.63) is 24.0 Å². The molecular weight excluding hydrogens is 221 g/mol. The van der Waals surface area contributed by atoms with Gasteiger partial charge in [-0.05, 0) is 39.1 Å². The molecule has 0 aliphatic carbocycles. The zero-order valence-electron chi connectivity index (χ0n) is 10.3. The average Bonchev–Trinajstić information content (AvgIpc) is 2.22. The Kier molecular flexibility index (Phi) is 4.90. The molecule has 94 valence electrons. The van der Waals surface area contributed by atoms with Crippen LogP contribution < -0.4 is 16.0 Å². The molecule has 1 amide bonds. The number of rotatable bonds is 5. The fourth-order valence-corrected chi connectivity index (χ4v) is 1.41. The van der Waals surface area contributed by atoms with E-state index >= 15 is 0 Å². The SMILES string of the molecule is CNCC(=O)Nc1cc(F)ccc1NC(C)C. The summed E-state index contributed by atoms with van der Waals surface area (Å²) in [5.41, 5.74) is 1.17. The van der Waals surface area contributed by atoms with Gasteiger partial charge in [0.15, 0.2) is 0 Å². The zero-order valence-corrected chi connectivity index (χ0v) is 10.3. The minimum absolute atomic E-state index is 0.192. The summed E-state index contributed by atoms with van der Waals surface area (Å²) in [4.78, 5) is 11.4. The standard InChI is InChI=1S/C12H18FN3O/c1-8(2)15-10-5-4-9(13)6-11(10)16-12(17)7-14-3/h4-6,8,14-15H,7H2,1-3H3,(H,16,17). The maximum absolute atomic E-state index is 13.1. The summed E-state index contributed by atoms with van der Waals surface area (Å²) in [7, 11) is 1.68. The van der Waals surface area contributed by atoms with Gasteiger partial charge in [-0.25, -0.2) is 4.39 Å². The first-order valence-corrected chi connectivity index (χ1v) is 5.53. The predicted molar refractivity (Wildman–Crippen MR) is 67.7 cm³/mol. The lowest BCUT2D eigenvalue weighted by molar-refractivity contribution is -0.115. The Labute approximate surface area is 101 Å². The van der Waals surface area contributed by atoms with Gasteiger partial charge >= 0.3 is 0 Å². The number of benzene rings is 1. The predicted octanol–water partition coefficient (Wildman–Crippen LogP) is 1.80. The highest BCUT2D eigenvalue weighted by Gasteiger charge is 2.08. The largest absolute Gasteiger partial charge is 0.381 e. The minimum atomic E-state index is -0.376. The van der Waals surface area contributed by atoms with Crippen LogP contribution in [0.15, 0.2) is 18.2 Å². The molecule has 1 aromatic rings. The van der Waals surface area contributed by atoms with Crippen molar-refractivity contribution in [3.8, 4) is 0 Å². The maximum atomic E-state index is 13.1. The molecule has 0 fully saturated rings. The van der Waals surface area contributed by atoms with Crippen LogP contribution in [0.1, 0.15) is 13.8 Å². The first-order valence-electron chi connectivity index (χ1n) is 5.53. The van der Waals surface area contributed by atoms with Crippen molar-refractivity contribution in [2.45, 2.75) is 19.9 Å². The Hall–Kier alpha value is -1.62. The van der Waals surface area contributed by atoms with E-state index in [1.807, 2.05) is 13.8 Å². The molecule has 1 rings (SSSR count). The summed E-state index contributed by atoms with van der Waals surface area (Å²) in [6, 6.07) is 4.49. The number of likely N-dealkylation sites (N-methyl/N-ethyl adjacent to an activating group) is 1. The van der Waals surface area contributed by atoms with E-state index < -0.39 is 0 Å². The van der Waals surface area contributed by atoms with Crippen molar-refractivity contribution in [1.29, 1.82) is 0 Å². The molecule has 0 bridgehead atoms. The second-order valence-electron chi connectivity index (χ2n) is 4.07. The average molecular weight is 239 g/mol. The topological polar surface area (TPSA) is 53.2 Å². The van der Waals surface area contributed by atoms with Crippen LogP contribution in [0.5, 0.6) is 0 Å². The normalized spacial score (nSPS) is 10.4. The molecule has 0 spiro atoms. The Morgan fingerprint density at radius 1 is 1.35 bits per heavy atom. The number of halogens is 1. The van der Waals surface area contributed by atoms with Crippen molar-refractivity contribution in [2.24, 2.45) is 0 Å². The van der Waals surface area contributed by atoms with Crippen LogP contribution in [0, 0.1) is 5.82 Å². The van der Waals surface area contributed by atoms with Crippen molar-refractivity contribution in [2.75, 3.05) is 24.2 Å². The van der Waals surface area contributed by atoms with Crippen molar-refractivity contribution in [1.82, 2.24) is 5.32 Å². The molecule has 4 nitrogen and oxygen atoms in total. The number of amides is 1. The highest BCUT2D eigenvalue weighted by atomic mass is 19.1. The fourth-order valence-electron chi connectivity index (χ4n) is 1.41. The van der Waals surface area contributed by atoms with Crippen LogP contribution in [-0.4, -0.2) is 25.5 Å². The van der Waals surface area contributed by atoms with E-state index in [0.29, 0.717) is 11.4 Å². The molecule has 0 saturated heterocycles. The van der Waals surface area contributed by atoms with Gasteiger partial charge in [-0.2, -0.15) is 0 Å². The van der Waals surface area contributed by atoms with E-state index in [-0.39, 0.29) is 24.3 Å². The summed E-state index contributed by atoms with van der Waals surface area (Å²) in [5, 5.41) is 8.54. The second kappa shape index (κ2) is 6.20. The third-order valence-electron chi connectivity index (χ3n) is 2.04. The summed E-state index contributed by atoms with van der Waals surface area (Å²) >= 11 is 0. The molecule has 0 atom stereocenters. The molecule has 0 aliphatic heterocycles. The van der Waals surface area contributed by atoms with E-state index in [2.05, 4.69) is 16.0 Å². The van der Waals surface area contributed by atoms with Gasteiger partial charge in [0.1, 0.15) is 5.82 Å². The van der Waals surface area contributed by atoms with E-state index in [4.69, 9.17) is 0 Å². The highest BCUT2D eigenvalue weighted by molar-refractivity contribution is 5.95. The van der Waals surface area contributed by atoms with Gasteiger partial charge in [0.25, 0.3) is 0 Å². The number of hydrogen-bond donors (Lipinski definition) is 3. The molecule has 5 heteroatoms. The quantitative estimate of drug-likeness (QED) is 0.734. The lowest BCUT2D eigenvalue weighted by atomic mass is 10.2. The number of carbonyl (C=O) groups is 1.